The van der Waals surface area contributed by atoms with E-state index in [-0.39, 0.29) is 0 Å². The Morgan fingerprint density at radius 1 is 1.09 bits per heavy atom. The summed E-state index contributed by atoms with van der Waals surface area (Å²) in [6, 6.07) is 0. The lowest BCUT2D eigenvalue weighted by Crippen LogP contribution is -2.34. The zero-order valence-corrected chi connectivity index (χ0v) is 6.66. The van der Waals surface area contributed by atoms with E-state index in [1.807, 2.05) is 0 Å². The first-order chi connectivity index (χ1) is 5.38. The van der Waals surface area contributed by atoms with Crippen LogP contribution < -0.4 is 0 Å². The quantitative estimate of drug-likeness (QED) is 0.531. The zero-order valence-electron chi connectivity index (χ0n) is 6.66. The Labute approximate surface area is 66.9 Å². The fraction of sp³-hybridized carbons (Fsp3) is 0.889. The summed E-state index contributed by atoms with van der Waals surface area (Å²) in [5.41, 5.74) is 0. The van der Waals surface area contributed by atoms with Gasteiger partial charge in [-0.15, -0.1) is 0 Å². The Bertz CT molecular complexity index is 144. The van der Waals surface area contributed by atoms with Crippen LogP contribution in [0.2, 0.25) is 0 Å². The Morgan fingerprint density at radius 2 is 1.73 bits per heavy atom. The lowest BCUT2D eigenvalue weighted by Gasteiger charge is -2.36. The van der Waals surface area contributed by atoms with Gasteiger partial charge in [0.1, 0.15) is 6.29 Å². The number of hydrogen-bond acceptors (Lipinski definition) is 2. The van der Waals surface area contributed by atoms with E-state index in [1.165, 1.54) is 6.42 Å². The van der Waals surface area contributed by atoms with Crippen LogP contribution in [-0.2, 0) is 9.53 Å². The van der Waals surface area contributed by atoms with Gasteiger partial charge in [0, 0.05) is 19.1 Å². The van der Waals surface area contributed by atoms with Gasteiger partial charge in [-0.05, 0) is 31.1 Å². The number of ether oxygens (including phenoxy) is 1. The second kappa shape index (κ2) is 2.94. The standard InChI is InChI=1S/C9H14O2/c10-4-7-1-8-3-9(2-7)6-11-5-8/h4,7-9H,1-3,5-6H2/t7?,8-,9+. The minimum absolute atomic E-state index is 0.336. The lowest BCUT2D eigenvalue weighted by molar-refractivity contribution is -0.115. The van der Waals surface area contributed by atoms with Crippen LogP contribution in [0, 0.1) is 17.8 Å². The largest absolute Gasteiger partial charge is 0.381 e. The van der Waals surface area contributed by atoms with Gasteiger partial charge in [0.05, 0.1) is 0 Å². The van der Waals surface area contributed by atoms with Crippen molar-refractivity contribution in [3.8, 4) is 0 Å². The summed E-state index contributed by atoms with van der Waals surface area (Å²) < 4.78 is 5.41. The Balaban J connectivity index is 1.99. The molecule has 2 rings (SSSR count). The second-order valence-electron chi connectivity index (χ2n) is 3.87. The minimum Gasteiger partial charge on any atom is -0.381 e. The predicted octanol–water partition coefficient (Wildman–Crippen LogP) is 1.25. The zero-order chi connectivity index (χ0) is 7.68. The number of hydrogen-bond donors (Lipinski definition) is 0. The molecule has 2 fully saturated rings. The molecule has 1 aliphatic carbocycles. The van der Waals surface area contributed by atoms with Crippen molar-refractivity contribution in [2.75, 3.05) is 13.2 Å². The fourth-order valence-corrected chi connectivity index (χ4v) is 2.40. The first-order valence-corrected chi connectivity index (χ1v) is 4.41. The molecule has 0 amide bonds. The highest BCUT2D eigenvalue weighted by Crippen LogP contribution is 2.35. The van der Waals surface area contributed by atoms with Crippen molar-refractivity contribution < 1.29 is 9.53 Å². The van der Waals surface area contributed by atoms with Crippen molar-refractivity contribution in [3.63, 3.8) is 0 Å². The molecule has 2 aliphatic rings. The molecule has 0 radical (unpaired) electrons. The van der Waals surface area contributed by atoms with Crippen LogP contribution in [0.15, 0.2) is 0 Å². The molecule has 2 heteroatoms. The van der Waals surface area contributed by atoms with Gasteiger partial charge in [-0.1, -0.05) is 0 Å². The van der Waals surface area contributed by atoms with E-state index >= 15 is 0 Å². The minimum atomic E-state index is 0.336. The van der Waals surface area contributed by atoms with Crippen LogP contribution in [-0.4, -0.2) is 19.5 Å². The Hall–Kier alpha value is -0.370. The normalized spacial score (nSPS) is 43.5. The Morgan fingerprint density at radius 3 is 2.27 bits per heavy atom. The van der Waals surface area contributed by atoms with Gasteiger partial charge in [0.15, 0.2) is 0 Å². The third-order valence-corrected chi connectivity index (χ3v) is 2.84. The molecule has 0 aromatic heterocycles. The molecule has 1 saturated heterocycles. The van der Waals surface area contributed by atoms with E-state index < -0.39 is 0 Å². The molecule has 3 atom stereocenters. The fourth-order valence-electron chi connectivity index (χ4n) is 2.40. The highest BCUT2D eigenvalue weighted by atomic mass is 16.5. The van der Waals surface area contributed by atoms with E-state index in [0.717, 1.165) is 32.3 Å². The molecule has 1 unspecified atom stereocenters. The average Bonchev–Trinajstić information content (AvgIpc) is 2.03. The molecule has 1 saturated carbocycles. The molecular formula is C9H14O2. The molecule has 62 valence electrons. The van der Waals surface area contributed by atoms with Crippen molar-refractivity contribution in [1.29, 1.82) is 0 Å². The molecule has 0 aromatic rings. The van der Waals surface area contributed by atoms with Gasteiger partial charge in [-0.2, -0.15) is 0 Å². The smallest absolute Gasteiger partial charge is 0.123 e. The highest BCUT2D eigenvalue weighted by molar-refractivity contribution is 5.53. The Kier molecular flexibility index (Phi) is 1.95. The summed E-state index contributed by atoms with van der Waals surface area (Å²) in [5, 5.41) is 0. The molecule has 0 N–H and O–H groups in total. The highest BCUT2D eigenvalue weighted by Gasteiger charge is 2.31. The first kappa shape index (κ1) is 7.29. The van der Waals surface area contributed by atoms with Gasteiger partial charge in [0.25, 0.3) is 0 Å². The van der Waals surface area contributed by atoms with Crippen molar-refractivity contribution in [2.45, 2.75) is 19.3 Å². The summed E-state index contributed by atoms with van der Waals surface area (Å²) >= 11 is 0. The van der Waals surface area contributed by atoms with Gasteiger partial charge >= 0.3 is 0 Å². The lowest BCUT2D eigenvalue weighted by atomic mass is 9.75. The number of rotatable bonds is 1. The van der Waals surface area contributed by atoms with E-state index in [1.54, 1.807) is 0 Å². The van der Waals surface area contributed by atoms with E-state index in [0.29, 0.717) is 17.8 Å². The van der Waals surface area contributed by atoms with Crippen LogP contribution in [0.25, 0.3) is 0 Å². The number of carbonyl (C=O) groups excluding carboxylic acids is 1. The summed E-state index contributed by atoms with van der Waals surface area (Å²) in [6.07, 6.45) is 4.56. The molecule has 11 heavy (non-hydrogen) atoms. The van der Waals surface area contributed by atoms with Gasteiger partial charge in [-0.25, -0.2) is 0 Å². The maximum atomic E-state index is 10.6. The topological polar surface area (TPSA) is 26.3 Å². The number of aldehydes is 1. The molecule has 0 spiro atoms. The van der Waals surface area contributed by atoms with Crippen molar-refractivity contribution in [2.24, 2.45) is 17.8 Å². The summed E-state index contributed by atoms with van der Waals surface area (Å²) in [5.74, 6) is 1.69. The molecule has 1 aliphatic heterocycles. The third kappa shape index (κ3) is 1.45. The van der Waals surface area contributed by atoms with E-state index in [9.17, 15) is 4.79 Å². The molecule has 2 nitrogen and oxygen atoms in total. The molecule has 2 bridgehead atoms. The third-order valence-electron chi connectivity index (χ3n) is 2.84. The van der Waals surface area contributed by atoms with Crippen molar-refractivity contribution >= 4 is 6.29 Å². The summed E-state index contributed by atoms with van der Waals surface area (Å²) in [7, 11) is 0. The number of carbonyl (C=O) groups is 1. The van der Waals surface area contributed by atoms with Crippen LogP contribution >= 0.6 is 0 Å². The predicted molar refractivity (Wildman–Crippen MR) is 41.2 cm³/mol. The maximum absolute atomic E-state index is 10.6. The molecule has 0 aromatic carbocycles. The summed E-state index contributed by atoms with van der Waals surface area (Å²) in [6.45, 7) is 1.78. The van der Waals surface area contributed by atoms with E-state index in [2.05, 4.69) is 0 Å². The van der Waals surface area contributed by atoms with Crippen molar-refractivity contribution in [1.82, 2.24) is 0 Å². The SMILES string of the molecule is O=CC1C[C@H]2COC[C@@H](C1)C2. The monoisotopic (exact) mass is 154 g/mol. The molecule has 1 heterocycles. The van der Waals surface area contributed by atoms with Crippen LogP contribution in [0.1, 0.15) is 19.3 Å². The van der Waals surface area contributed by atoms with Gasteiger partial charge < -0.3 is 9.53 Å². The van der Waals surface area contributed by atoms with Crippen LogP contribution in [0.5, 0.6) is 0 Å². The maximum Gasteiger partial charge on any atom is 0.123 e. The summed E-state index contributed by atoms with van der Waals surface area (Å²) in [4.78, 5) is 10.6. The molecular weight excluding hydrogens is 140 g/mol. The average molecular weight is 154 g/mol. The van der Waals surface area contributed by atoms with Gasteiger partial charge in [-0.3, -0.25) is 0 Å². The van der Waals surface area contributed by atoms with E-state index in [4.69, 9.17) is 4.74 Å². The second-order valence-corrected chi connectivity index (χ2v) is 3.87. The van der Waals surface area contributed by atoms with Crippen LogP contribution in [0.4, 0.5) is 0 Å². The number of fused-ring (bicyclic) bond motifs is 2. The van der Waals surface area contributed by atoms with Gasteiger partial charge in [0.2, 0.25) is 0 Å². The first-order valence-electron chi connectivity index (χ1n) is 4.41. The van der Waals surface area contributed by atoms with Crippen molar-refractivity contribution in [3.05, 3.63) is 0 Å². The van der Waals surface area contributed by atoms with Crippen LogP contribution in [0.3, 0.4) is 0 Å².